The van der Waals surface area contributed by atoms with E-state index in [9.17, 15) is 4.79 Å². The first-order valence-electron chi connectivity index (χ1n) is 2.99. The summed E-state index contributed by atoms with van der Waals surface area (Å²) in [7, 11) is 0. The molecule has 0 aliphatic heterocycles. The lowest BCUT2D eigenvalue weighted by atomic mass is 9.97. The van der Waals surface area contributed by atoms with Gasteiger partial charge in [-0.05, 0) is 5.92 Å². The first kappa shape index (κ1) is 8.43. The summed E-state index contributed by atoms with van der Waals surface area (Å²) in [6, 6.07) is 0. The van der Waals surface area contributed by atoms with Crippen LogP contribution in [0.4, 0.5) is 0 Å². The summed E-state index contributed by atoms with van der Waals surface area (Å²) in [6.45, 7) is 3.52. The summed E-state index contributed by atoms with van der Waals surface area (Å²) in [5, 5.41) is 8.55. The van der Waals surface area contributed by atoms with Gasteiger partial charge in [-0.3, -0.25) is 4.79 Å². The number of hydrogen-bond donors (Lipinski definition) is 2. The Labute approximate surface area is 54.9 Å². The van der Waals surface area contributed by atoms with Gasteiger partial charge in [-0.25, -0.2) is 0 Å². The number of rotatable bonds is 3. The van der Waals surface area contributed by atoms with Crippen LogP contribution in [0.1, 0.15) is 13.8 Å². The van der Waals surface area contributed by atoms with Crippen molar-refractivity contribution in [1.29, 1.82) is 0 Å². The molecule has 3 heteroatoms. The molecule has 0 aromatic rings. The number of amides is 1. The van der Waals surface area contributed by atoms with Crippen LogP contribution < -0.4 is 5.73 Å². The minimum absolute atomic E-state index is 0.0180. The molecule has 0 saturated carbocycles. The molecule has 0 aliphatic rings. The van der Waals surface area contributed by atoms with Crippen molar-refractivity contribution in [3.63, 3.8) is 0 Å². The molecule has 0 spiro atoms. The maximum absolute atomic E-state index is 10.4. The lowest BCUT2D eigenvalue weighted by molar-refractivity contribution is -0.123. The quantitative estimate of drug-likeness (QED) is 0.554. The van der Waals surface area contributed by atoms with E-state index in [1.54, 1.807) is 13.8 Å². The van der Waals surface area contributed by atoms with E-state index in [0.717, 1.165) is 0 Å². The number of carbonyl (C=O) groups is 1. The standard InChI is InChI=1S/C6H13NO2/c1-4(3-8)5(2)6(7)9/h4-5,8H,3H2,1-2H3,(H2,7,9)/t4?,5-/m0/s1. The summed E-state index contributed by atoms with van der Waals surface area (Å²) in [4.78, 5) is 10.4. The molecule has 0 aromatic heterocycles. The van der Waals surface area contributed by atoms with Crippen LogP contribution in [0.25, 0.3) is 0 Å². The molecular weight excluding hydrogens is 118 g/mol. The molecule has 0 bridgehead atoms. The maximum atomic E-state index is 10.4. The Morgan fingerprint density at radius 2 is 2.11 bits per heavy atom. The Bertz CT molecular complexity index is 103. The van der Waals surface area contributed by atoms with Crippen molar-refractivity contribution in [2.75, 3.05) is 6.61 Å². The Kier molecular flexibility index (Phi) is 3.24. The zero-order valence-electron chi connectivity index (χ0n) is 5.79. The van der Waals surface area contributed by atoms with Crippen molar-refractivity contribution in [1.82, 2.24) is 0 Å². The van der Waals surface area contributed by atoms with Crippen molar-refractivity contribution in [3.8, 4) is 0 Å². The van der Waals surface area contributed by atoms with Crippen LogP contribution in [0.15, 0.2) is 0 Å². The van der Waals surface area contributed by atoms with Crippen LogP contribution in [-0.4, -0.2) is 17.6 Å². The molecule has 0 radical (unpaired) electrons. The highest BCUT2D eigenvalue weighted by Gasteiger charge is 2.15. The average Bonchev–Trinajstić information content (AvgIpc) is 1.84. The maximum Gasteiger partial charge on any atom is 0.220 e. The minimum atomic E-state index is -0.350. The first-order valence-corrected chi connectivity index (χ1v) is 2.99. The second-order valence-electron chi connectivity index (χ2n) is 2.35. The summed E-state index contributed by atoms with van der Waals surface area (Å²) >= 11 is 0. The number of aliphatic hydroxyl groups is 1. The largest absolute Gasteiger partial charge is 0.396 e. The zero-order chi connectivity index (χ0) is 7.44. The fraction of sp³-hybridized carbons (Fsp3) is 0.833. The van der Waals surface area contributed by atoms with Gasteiger partial charge in [0.05, 0.1) is 0 Å². The fourth-order valence-corrected chi connectivity index (χ4v) is 0.439. The van der Waals surface area contributed by atoms with Gasteiger partial charge in [-0.15, -0.1) is 0 Å². The number of hydrogen-bond acceptors (Lipinski definition) is 2. The smallest absolute Gasteiger partial charge is 0.220 e. The normalized spacial score (nSPS) is 16.8. The van der Waals surface area contributed by atoms with E-state index in [-0.39, 0.29) is 24.3 Å². The molecule has 0 saturated heterocycles. The van der Waals surface area contributed by atoms with E-state index in [2.05, 4.69) is 0 Å². The summed E-state index contributed by atoms with van der Waals surface area (Å²) in [5.74, 6) is -0.603. The van der Waals surface area contributed by atoms with E-state index >= 15 is 0 Å². The highest BCUT2D eigenvalue weighted by atomic mass is 16.3. The number of primary amides is 1. The summed E-state index contributed by atoms with van der Waals surface area (Å²) in [6.07, 6.45) is 0. The predicted octanol–water partition coefficient (Wildman–Crippen LogP) is -0.264. The van der Waals surface area contributed by atoms with Crippen molar-refractivity contribution < 1.29 is 9.90 Å². The van der Waals surface area contributed by atoms with Gasteiger partial charge in [0.1, 0.15) is 0 Å². The van der Waals surface area contributed by atoms with Gasteiger partial charge in [0.25, 0.3) is 0 Å². The molecule has 1 amide bonds. The molecule has 0 fully saturated rings. The van der Waals surface area contributed by atoms with Crippen molar-refractivity contribution >= 4 is 5.91 Å². The molecule has 2 atom stereocenters. The third kappa shape index (κ3) is 2.46. The molecular formula is C6H13NO2. The average molecular weight is 131 g/mol. The Morgan fingerprint density at radius 3 is 2.22 bits per heavy atom. The second-order valence-corrected chi connectivity index (χ2v) is 2.35. The van der Waals surface area contributed by atoms with Gasteiger partial charge < -0.3 is 10.8 Å². The van der Waals surface area contributed by atoms with E-state index in [1.807, 2.05) is 0 Å². The molecule has 0 heterocycles. The van der Waals surface area contributed by atoms with E-state index < -0.39 is 0 Å². The third-order valence-corrected chi connectivity index (χ3v) is 1.59. The lowest BCUT2D eigenvalue weighted by Gasteiger charge is -2.12. The molecule has 0 aliphatic carbocycles. The van der Waals surface area contributed by atoms with Crippen molar-refractivity contribution in [2.45, 2.75) is 13.8 Å². The summed E-state index contributed by atoms with van der Waals surface area (Å²) < 4.78 is 0. The second kappa shape index (κ2) is 3.45. The van der Waals surface area contributed by atoms with Gasteiger partial charge in [0, 0.05) is 12.5 Å². The van der Waals surface area contributed by atoms with Crippen LogP contribution in [0.3, 0.4) is 0 Å². The van der Waals surface area contributed by atoms with Crippen molar-refractivity contribution in [3.05, 3.63) is 0 Å². The van der Waals surface area contributed by atoms with E-state index in [1.165, 1.54) is 0 Å². The summed E-state index contributed by atoms with van der Waals surface area (Å²) in [5.41, 5.74) is 4.96. The monoisotopic (exact) mass is 131 g/mol. The molecule has 0 aromatic carbocycles. The third-order valence-electron chi connectivity index (χ3n) is 1.59. The van der Waals surface area contributed by atoms with E-state index in [0.29, 0.717) is 0 Å². The van der Waals surface area contributed by atoms with Gasteiger partial charge in [-0.1, -0.05) is 13.8 Å². The van der Waals surface area contributed by atoms with Gasteiger partial charge in [0.2, 0.25) is 5.91 Å². The molecule has 54 valence electrons. The molecule has 3 nitrogen and oxygen atoms in total. The Balaban J connectivity index is 3.72. The minimum Gasteiger partial charge on any atom is -0.396 e. The SMILES string of the molecule is CC(CO)[C@H](C)C(N)=O. The predicted molar refractivity (Wildman–Crippen MR) is 34.6 cm³/mol. The zero-order valence-corrected chi connectivity index (χ0v) is 5.79. The molecule has 3 N–H and O–H groups in total. The first-order chi connectivity index (χ1) is 4.09. The Hall–Kier alpha value is -0.570. The molecule has 1 unspecified atom stereocenters. The van der Waals surface area contributed by atoms with Crippen LogP contribution in [0.2, 0.25) is 0 Å². The Morgan fingerprint density at radius 1 is 1.67 bits per heavy atom. The van der Waals surface area contributed by atoms with Crippen LogP contribution >= 0.6 is 0 Å². The van der Waals surface area contributed by atoms with Crippen LogP contribution in [-0.2, 0) is 4.79 Å². The van der Waals surface area contributed by atoms with Gasteiger partial charge >= 0.3 is 0 Å². The number of carbonyl (C=O) groups excluding carboxylic acids is 1. The van der Waals surface area contributed by atoms with E-state index in [4.69, 9.17) is 10.8 Å². The van der Waals surface area contributed by atoms with Gasteiger partial charge in [-0.2, -0.15) is 0 Å². The highest BCUT2D eigenvalue weighted by Crippen LogP contribution is 2.07. The topological polar surface area (TPSA) is 63.3 Å². The van der Waals surface area contributed by atoms with Crippen LogP contribution in [0.5, 0.6) is 0 Å². The van der Waals surface area contributed by atoms with Crippen molar-refractivity contribution in [2.24, 2.45) is 17.6 Å². The molecule has 0 rings (SSSR count). The molecule has 9 heavy (non-hydrogen) atoms. The number of aliphatic hydroxyl groups excluding tert-OH is 1. The highest BCUT2D eigenvalue weighted by molar-refractivity contribution is 5.76. The van der Waals surface area contributed by atoms with Gasteiger partial charge in [0.15, 0.2) is 0 Å². The van der Waals surface area contributed by atoms with Crippen LogP contribution in [0, 0.1) is 11.8 Å². The lowest BCUT2D eigenvalue weighted by Crippen LogP contribution is -2.27. The number of nitrogens with two attached hydrogens (primary N) is 1. The fourth-order valence-electron chi connectivity index (χ4n) is 0.439.